The lowest BCUT2D eigenvalue weighted by molar-refractivity contribution is -0.130. The fourth-order valence-corrected chi connectivity index (χ4v) is 3.64. The summed E-state index contributed by atoms with van der Waals surface area (Å²) >= 11 is 0. The lowest BCUT2D eigenvalue weighted by Crippen LogP contribution is -2.41. The monoisotopic (exact) mass is 398 g/mol. The third kappa shape index (κ3) is 3.50. The molecule has 0 bridgehead atoms. The summed E-state index contributed by atoms with van der Waals surface area (Å²) in [5.74, 6) is -0.711. The Morgan fingerprint density at radius 2 is 1.47 bits per heavy atom. The standard InChI is InChI=1S/C25H22N2O3/c1-17-8-14-21(15-9-17)25(2)23(29)27(24(30)26-25)16-22(28)20-12-10-19(11-13-20)18-6-4-3-5-7-18/h3-15H,16H2,1-2H3,(H,26,30). The molecule has 1 atom stereocenters. The fourth-order valence-electron chi connectivity index (χ4n) is 3.64. The molecule has 5 heteroatoms. The first-order valence-electron chi connectivity index (χ1n) is 9.78. The van der Waals surface area contributed by atoms with E-state index in [0.717, 1.165) is 21.6 Å². The highest BCUT2D eigenvalue weighted by Crippen LogP contribution is 2.29. The quantitative estimate of drug-likeness (QED) is 0.514. The molecule has 1 unspecified atom stereocenters. The zero-order valence-electron chi connectivity index (χ0n) is 16.9. The zero-order valence-corrected chi connectivity index (χ0v) is 16.9. The molecular weight excluding hydrogens is 376 g/mol. The number of benzene rings is 3. The molecule has 5 nitrogen and oxygen atoms in total. The van der Waals surface area contributed by atoms with Crippen LogP contribution in [0.25, 0.3) is 11.1 Å². The van der Waals surface area contributed by atoms with Crippen molar-refractivity contribution >= 4 is 17.7 Å². The van der Waals surface area contributed by atoms with Crippen LogP contribution in [0, 0.1) is 6.92 Å². The molecule has 0 saturated carbocycles. The van der Waals surface area contributed by atoms with E-state index in [2.05, 4.69) is 5.32 Å². The van der Waals surface area contributed by atoms with Crippen LogP contribution in [0.2, 0.25) is 0 Å². The van der Waals surface area contributed by atoms with E-state index in [-0.39, 0.29) is 12.3 Å². The molecule has 0 spiro atoms. The van der Waals surface area contributed by atoms with E-state index in [1.807, 2.05) is 73.7 Å². The number of imide groups is 1. The Kier molecular flexibility index (Phi) is 4.96. The first kappa shape index (κ1) is 19.6. The first-order chi connectivity index (χ1) is 14.4. The van der Waals surface area contributed by atoms with Gasteiger partial charge in [0.25, 0.3) is 5.91 Å². The summed E-state index contributed by atoms with van der Waals surface area (Å²) in [7, 11) is 0. The number of carbonyl (C=O) groups is 3. The number of hydrogen-bond donors (Lipinski definition) is 1. The number of amides is 3. The minimum absolute atomic E-state index is 0.286. The van der Waals surface area contributed by atoms with Gasteiger partial charge in [0, 0.05) is 5.56 Å². The van der Waals surface area contributed by atoms with Gasteiger partial charge in [-0.05, 0) is 30.5 Å². The van der Waals surface area contributed by atoms with Crippen molar-refractivity contribution in [1.29, 1.82) is 0 Å². The second-order valence-electron chi connectivity index (χ2n) is 7.68. The molecule has 3 aromatic rings. The van der Waals surface area contributed by atoms with Crippen molar-refractivity contribution in [2.45, 2.75) is 19.4 Å². The van der Waals surface area contributed by atoms with E-state index >= 15 is 0 Å². The van der Waals surface area contributed by atoms with Gasteiger partial charge in [0.05, 0.1) is 6.54 Å². The molecule has 1 aliphatic heterocycles. The number of rotatable bonds is 5. The van der Waals surface area contributed by atoms with Crippen LogP contribution in [0.3, 0.4) is 0 Å². The maximum Gasteiger partial charge on any atom is 0.325 e. The number of urea groups is 1. The van der Waals surface area contributed by atoms with Gasteiger partial charge in [-0.3, -0.25) is 14.5 Å². The SMILES string of the molecule is Cc1ccc(C2(C)NC(=O)N(CC(=O)c3ccc(-c4ccccc4)cc3)C2=O)cc1. The molecule has 0 radical (unpaired) electrons. The van der Waals surface area contributed by atoms with Gasteiger partial charge >= 0.3 is 6.03 Å². The Morgan fingerprint density at radius 1 is 0.867 bits per heavy atom. The van der Waals surface area contributed by atoms with Crippen LogP contribution < -0.4 is 5.32 Å². The molecule has 3 amide bonds. The van der Waals surface area contributed by atoms with Crippen LogP contribution >= 0.6 is 0 Å². The van der Waals surface area contributed by atoms with Crippen LogP contribution in [0.15, 0.2) is 78.9 Å². The summed E-state index contributed by atoms with van der Waals surface area (Å²) < 4.78 is 0. The van der Waals surface area contributed by atoms with Gasteiger partial charge < -0.3 is 5.32 Å². The molecule has 1 N–H and O–H groups in total. The molecule has 1 fully saturated rings. The van der Waals surface area contributed by atoms with Gasteiger partial charge in [0.1, 0.15) is 5.54 Å². The summed E-state index contributed by atoms with van der Waals surface area (Å²) in [5.41, 5.74) is 3.08. The minimum Gasteiger partial charge on any atom is -0.319 e. The van der Waals surface area contributed by atoms with E-state index < -0.39 is 17.5 Å². The molecule has 150 valence electrons. The number of Topliss-reactive ketones (excluding diaryl/α,β-unsaturated/α-hetero) is 1. The lowest BCUT2D eigenvalue weighted by atomic mass is 9.91. The normalized spacial score (nSPS) is 18.4. The third-order valence-corrected chi connectivity index (χ3v) is 5.52. The highest BCUT2D eigenvalue weighted by molar-refractivity contribution is 6.11. The predicted molar refractivity (Wildman–Crippen MR) is 115 cm³/mol. The topological polar surface area (TPSA) is 66.5 Å². The second kappa shape index (κ2) is 7.59. The van der Waals surface area contributed by atoms with Crippen molar-refractivity contribution in [3.8, 4) is 11.1 Å². The molecular formula is C25H22N2O3. The van der Waals surface area contributed by atoms with E-state index in [9.17, 15) is 14.4 Å². The summed E-state index contributed by atoms with van der Waals surface area (Å²) in [6.45, 7) is 3.32. The van der Waals surface area contributed by atoms with Gasteiger partial charge in [0.15, 0.2) is 5.78 Å². The second-order valence-corrected chi connectivity index (χ2v) is 7.68. The summed E-state index contributed by atoms with van der Waals surface area (Å²) in [4.78, 5) is 39.3. The number of nitrogens with zero attached hydrogens (tertiary/aromatic N) is 1. The maximum atomic E-state index is 13.0. The average molecular weight is 398 g/mol. The largest absolute Gasteiger partial charge is 0.325 e. The molecule has 1 saturated heterocycles. The van der Waals surface area contributed by atoms with Gasteiger partial charge in [-0.25, -0.2) is 4.79 Å². The van der Waals surface area contributed by atoms with Crippen LogP contribution in [0.5, 0.6) is 0 Å². The van der Waals surface area contributed by atoms with Crippen LogP contribution in [0.1, 0.15) is 28.4 Å². The number of nitrogens with one attached hydrogen (secondary N) is 1. The molecule has 30 heavy (non-hydrogen) atoms. The number of hydrogen-bond acceptors (Lipinski definition) is 3. The number of aryl methyl sites for hydroxylation is 1. The van der Waals surface area contributed by atoms with Gasteiger partial charge in [0.2, 0.25) is 0 Å². The van der Waals surface area contributed by atoms with Gasteiger partial charge in [-0.2, -0.15) is 0 Å². The Bertz CT molecular complexity index is 1110. The van der Waals surface area contributed by atoms with Crippen molar-refractivity contribution < 1.29 is 14.4 Å². The van der Waals surface area contributed by atoms with Crippen molar-refractivity contribution in [2.24, 2.45) is 0 Å². The van der Waals surface area contributed by atoms with Crippen molar-refractivity contribution in [3.05, 3.63) is 95.6 Å². The zero-order chi connectivity index (χ0) is 21.3. The minimum atomic E-state index is -1.18. The van der Waals surface area contributed by atoms with Gasteiger partial charge in [-0.1, -0.05) is 84.4 Å². The highest BCUT2D eigenvalue weighted by Gasteiger charge is 2.49. The Balaban J connectivity index is 1.51. The van der Waals surface area contributed by atoms with Crippen molar-refractivity contribution in [1.82, 2.24) is 10.2 Å². The third-order valence-electron chi connectivity index (χ3n) is 5.52. The highest BCUT2D eigenvalue weighted by atomic mass is 16.2. The van der Waals surface area contributed by atoms with Gasteiger partial charge in [-0.15, -0.1) is 0 Å². The molecule has 4 rings (SSSR count). The molecule has 1 heterocycles. The summed E-state index contributed by atoms with van der Waals surface area (Å²) in [5, 5.41) is 2.74. The van der Waals surface area contributed by atoms with Crippen LogP contribution in [-0.2, 0) is 10.3 Å². The number of ketones is 1. The summed E-state index contributed by atoms with van der Waals surface area (Å²) in [6.07, 6.45) is 0. The molecule has 0 aliphatic carbocycles. The molecule has 1 aliphatic rings. The van der Waals surface area contributed by atoms with E-state index in [4.69, 9.17) is 0 Å². The van der Waals surface area contributed by atoms with E-state index in [0.29, 0.717) is 11.1 Å². The Hall–Kier alpha value is -3.73. The van der Waals surface area contributed by atoms with E-state index in [1.165, 1.54) is 0 Å². The fraction of sp³-hybridized carbons (Fsp3) is 0.160. The van der Waals surface area contributed by atoms with Crippen molar-refractivity contribution in [3.63, 3.8) is 0 Å². The summed E-state index contributed by atoms with van der Waals surface area (Å²) in [6, 6.07) is 23.9. The van der Waals surface area contributed by atoms with Crippen molar-refractivity contribution in [2.75, 3.05) is 6.54 Å². The predicted octanol–water partition coefficient (Wildman–Crippen LogP) is 4.31. The maximum absolute atomic E-state index is 13.0. The molecule has 0 aromatic heterocycles. The smallest absolute Gasteiger partial charge is 0.319 e. The number of carbonyl (C=O) groups excluding carboxylic acids is 3. The molecule has 3 aromatic carbocycles. The van der Waals surface area contributed by atoms with Crippen LogP contribution in [0.4, 0.5) is 4.79 Å². The average Bonchev–Trinajstić information content (AvgIpc) is 2.98. The Labute approximate surface area is 175 Å². The lowest BCUT2D eigenvalue weighted by Gasteiger charge is -2.22. The Morgan fingerprint density at radius 3 is 2.10 bits per heavy atom. The van der Waals surface area contributed by atoms with E-state index in [1.54, 1.807) is 19.1 Å². The van der Waals surface area contributed by atoms with Crippen LogP contribution in [-0.4, -0.2) is 29.2 Å². The first-order valence-corrected chi connectivity index (χ1v) is 9.78.